The van der Waals surface area contributed by atoms with Crippen molar-refractivity contribution in [2.75, 3.05) is 19.6 Å². The summed E-state index contributed by atoms with van der Waals surface area (Å²) in [4.78, 5) is 3.83. The minimum atomic E-state index is 0.184. The van der Waals surface area contributed by atoms with Crippen molar-refractivity contribution < 1.29 is 0 Å². The molecule has 0 aliphatic rings. The van der Waals surface area contributed by atoms with Gasteiger partial charge in [0.1, 0.15) is 0 Å². The van der Waals surface area contributed by atoms with Crippen molar-refractivity contribution in [3.63, 3.8) is 0 Å². The van der Waals surface area contributed by atoms with Crippen LogP contribution in [0.2, 0.25) is 0 Å². The molecule has 1 atom stereocenters. The molecule has 1 aromatic rings. The number of hydrogen-bond donors (Lipinski definition) is 1. The molecule has 98 valence electrons. The SMILES string of the molecule is CCCCN(CCCC)CC(N)c1cccs1. The van der Waals surface area contributed by atoms with Gasteiger partial charge in [-0.1, -0.05) is 32.8 Å². The fraction of sp³-hybridized carbons (Fsp3) is 0.714. The highest BCUT2D eigenvalue weighted by atomic mass is 32.1. The van der Waals surface area contributed by atoms with E-state index in [1.165, 1.54) is 43.6 Å². The first-order valence-corrected chi connectivity index (χ1v) is 7.67. The Bertz CT molecular complexity index is 264. The molecular formula is C14H26N2S. The summed E-state index contributed by atoms with van der Waals surface area (Å²) in [5.74, 6) is 0. The van der Waals surface area contributed by atoms with Gasteiger partial charge in [0.2, 0.25) is 0 Å². The molecule has 0 spiro atoms. The Labute approximate surface area is 110 Å². The monoisotopic (exact) mass is 254 g/mol. The predicted molar refractivity (Wildman–Crippen MR) is 77.5 cm³/mol. The van der Waals surface area contributed by atoms with E-state index in [4.69, 9.17) is 5.73 Å². The minimum absolute atomic E-state index is 0.184. The number of rotatable bonds is 9. The van der Waals surface area contributed by atoms with E-state index in [-0.39, 0.29) is 6.04 Å². The first-order valence-electron chi connectivity index (χ1n) is 6.79. The fourth-order valence-corrected chi connectivity index (χ4v) is 2.65. The first-order chi connectivity index (χ1) is 8.27. The summed E-state index contributed by atoms with van der Waals surface area (Å²) in [6.07, 6.45) is 5.08. The summed E-state index contributed by atoms with van der Waals surface area (Å²) in [7, 11) is 0. The standard InChI is InChI=1S/C14H26N2S/c1-3-5-9-16(10-6-4-2)12-13(15)14-8-7-11-17-14/h7-8,11,13H,3-6,9-10,12,15H2,1-2H3. The number of nitrogens with zero attached hydrogens (tertiary/aromatic N) is 1. The normalized spacial score (nSPS) is 13.2. The highest BCUT2D eigenvalue weighted by molar-refractivity contribution is 7.10. The molecule has 0 amide bonds. The molecule has 3 heteroatoms. The third-order valence-corrected chi connectivity index (χ3v) is 4.02. The van der Waals surface area contributed by atoms with Crippen molar-refractivity contribution in [2.45, 2.75) is 45.6 Å². The van der Waals surface area contributed by atoms with E-state index in [1.54, 1.807) is 11.3 Å². The van der Waals surface area contributed by atoms with Crippen molar-refractivity contribution in [3.8, 4) is 0 Å². The van der Waals surface area contributed by atoms with Crippen molar-refractivity contribution in [2.24, 2.45) is 5.73 Å². The lowest BCUT2D eigenvalue weighted by atomic mass is 10.2. The maximum absolute atomic E-state index is 6.25. The van der Waals surface area contributed by atoms with Crippen LogP contribution < -0.4 is 5.73 Å². The Hall–Kier alpha value is -0.380. The number of nitrogens with two attached hydrogens (primary N) is 1. The molecule has 1 aromatic heterocycles. The highest BCUT2D eigenvalue weighted by Gasteiger charge is 2.12. The van der Waals surface area contributed by atoms with Gasteiger partial charge in [-0.3, -0.25) is 0 Å². The Kier molecular flexibility index (Phi) is 7.49. The van der Waals surface area contributed by atoms with Crippen LogP contribution in [0.4, 0.5) is 0 Å². The summed E-state index contributed by atoms with van der Waals surface area (Å²) in [5, 5.41) is 2.11. The van der Waals surface area contributed by atoms with Gasteiger partial charge in [-0.05, 0) is 37.4 Å². The molecule has 0 saturated heterocycles. The predicted octanol–water partition coefficient (Wildman–Crippen LogP) is 3.65. The van der Waals surface area contributed by atoms with Gasteiger partial charge >= 0.3 is 0 Å². The molecule has 0 aliphatic heterocycles. The minimum Gasteiger partial charge on any atom is -0.322 e. The van der Waals surface area contributed by atoms with E-state index in [2.05, 4.69) is 36.3 Å². The van der Waals surface area contributed by atoms with Crippen LogP contribution in [0.3, 0.4) is 0 Å². The molecule has 0 aliphatic carbocycles. The molecular weight excluding hydrogens is 228 g/mol. The van der Waals surface area contributed by atoms with Gasteiger partial charge in [-0.2, -0.15) is 0 Å². The van der Waals surface area contributed by atoms with Gasteiger partial charge in [0.25, 0.3) is 0 Å². The van der Waals surface area contributed by atoms with Crippen LogP contribution in [0.5, 0.6) is 0 Å². The largest absolute Gasteiger partial charge is 0.322 e. The number of unbranched alkanes of at least 4 members (excludes halogenated alkanes) is 2. The zero-order chi connectivity index (χ0) is 12.5. The zero-order valence-electron chi connectivity index (χ0n) is 11.2. The smallest absolute Gasteiger partial charge is 0.0519 e. The second kappa shape index (κ2) is 8.67. The molecule has 1 unspecified atom stereocenters. The van der Waals surface area contributed by atoms with E-state index in [9.17, 15) is 0 Å². The lowest BCUT2D eigenvalue weighted by Gasteiger charge is -2.25. The molecule has 2 N–H and O–H groups in total. The molecule has 0 saturated carbocycles. The van der Waals surface area contributed by atoms with Gasteiger partial charge in [0.05, 0.1) is 6.04 Å². The van der Waals surface area contributed by atoms with Crippen LogP contribution in [0, 0.1) is 0 Å². The average Bonchev–Trinajstić information content (AvgIpc) is 2.86. The summed E-state index contributed by atoms with van der Waals surface area (Å²) < 4.78 is 0. The van der Waals surface area contributed by atoms with E-state index in [1.807, 2.05) is 0 Å². The van der Waals surface area contributed by atoms with Crippen LogP contribution in [-0.2, 0) is 0 Å². The molecule has 1 rings (SSSR count). The molecule has 0 aromatic carbocycles. The van der Waals surface area contributed by atoms with E-state index in [0.717, 1.165) is 6.54 Å². The second-order valence-corrected chi connectivity index (χ2v) is 5.61. The highest BCUT2D eigenvalue weighted by Crippen LogP contribution is 2.18. The third kappa shape index (κ3) is 5.66. The van der Waals surface area contributed by atoms with Crippen LogP contribution in [-0.4, -0.2) is 24.5 Å². The summed E-state index contributed by atoms with van der Waals surface area (Å²) in [5.41, 5.74) is 6.25. The van der Waals surface area contributed by atoms with Crippen molar-refractivity contribution >= 4 is 11.3 Å². The summed E-state index contributed by atoms with van der Waals surface area (Å²) in [6, 6.07) is 4.42. The molecule has 0 bridgehead atoms. The molecule has 1 heterocycles. The molecule has 0 fully saturated rings. The summed E-state index contributed by atoms with van der Waals surface area (Å²) in [6.45, 7) is 7.88. The van der Waals surface area contributed by atoms with Crippen LogP contribution >= 0.6 is 11.3 Å². The van der Waals surface area contributed by atoms with Gasteiger partial charge in [0, 0.05) is 11.4 Å². The van der Waals surface area contributed by atoms with Gasteiger partial charge in [-0.15, -0.1) is 11.3 Å². The average molecular weight is 254 g/mol. The quantitative estimate of drug-likeness (QED) is 0.729. The Balaban J connectivity index is 2.40. The zero-order valence-corrected chi connectivity index (χ0v) is 12.0. The first kappa shape index (κ1) is 14.7. The lowest BCUT2D eigenvalue weighted by Crippen LogP contribution is -2.33. The molecule has 2 nitrogen and oxygen atoms in total. The number of thiophene rings is 1. The van der Waals surface area contributed by atoms with E-state index in [0.29, 0.717) is 0 Å². The molecule has 17 heavy (non-hydrogen) atoms. The molecule has 0 radical (unpaired) electrons. The van der Waals surface area contributed by atoms with Crippen LogP contribution in [0.25, 0.3) is 0 Å². The van der Waals surface area contributed by atoms with Gasteiger partial charge in [0.15, 0.2) is 0 Å². The Morgan fingerprint density at radius 2 is 1.88 bits per heavy atom. The van der Waals surface area contributed by atoms with Crippen molar-refractivity contribution in [3.05, 3.63) is 22.4 Å². The van der Waals surface area contributed by atoms with Crippen LogP contribution in [0.15, 0.2) is 17.5 Å². The maximum Gasteiger partial charge on any atom is 0.0519 e. The van der Waals surface area contributed by atoms with Crippen molar-refractivity contribution in [1.29, 1.82) is 0 Å². The Morgan fingerprint density at radius 1 is 1.24 bits per heavy atom. The van der Waals surface area contributed by atoms with E-state index >= 15 is 0 Å². The third-order valence-electron chi connectivity index (χ3n) is 3.02. The summed E-state index contributed by atoms with van der Waals surface area (Å²) >= 11 is 1.77. The lowest BCUT2D eigenvalue weighted by molar-refractivity contribution is 0.251. The topological polar surface area (TPSA) is 29.3 Å². The van der Waals surface area contributed by atoms with Gasteiger partial charge in [-0.25, -0.2) is 0 Å². The van der Waals surface area contributed by atoms with Crippen LogP contribution in [0.1, 0.15) is 50.4 Å². The van der Waals surface area contributed by atoms with Crippen molar-refractivity contribution in [1.82, 2.24) is 4.90 Å². The van der Waals surface area contributed by atoms with E-state index < -0.39 is 0 Å². The fourth-order valence-electron chi connectivity index (χ4n) is 1.93. The maximum atomic E-state index is 6.25. The Morgan fingerprint density at radius 3 is 2.35 bits per heavy atom. The van der Waals surface area contributed by atoms with Gasteiger partial charge < -0.3 is 10.6 Å². The second-order valence-electron chi connectivity index (χ2n) is 4.63. The number of hydrogen-bond acceptors (Lipinski definition) is 3.